The van der Waals surface area contributed by atoms with Gasteiger partial charge in [-0.3, -0.25) is 4.79 Å². The van der Waals surface area contributed by atoms with Gasteiger partial charge in [0.1, 0.15) is 0 Å². The summed E-state index contributed by atoms with van der Waals surface area (Å²) < 4.78 is 26.3. The fourth-order valence-corrected chi connectivity index (χ4v) is 2.42. The van der Waals surface area contributed by atoms with Crippen molar-refractivity contribution in [1.82, 2.24) is 4.72 Å². The smallest absolute Gasteiger partial charge is 0.240 e. The first kappa shape index (κ1) is 14.8. The van der Waals surface area contributed by atoms with Crippen LogP contribution in [0, 0.1) is 0 Å². The van der Waals surface area contributed by atoms with Crippen LogP contribution < -0.4 is 9.62 Å². The number of carbonyl (C=O) groups is 1. The van der Waals surface area contributed by atoms with Crippen molar-refractivity contribution in [2.75, 3.05) is 27.2 Å². The minimum atomic E-state index is -3.47. The van der Waals surface area contributed by atoms with Gasteiger partial charge in [-0.15, -0.1) is 0 Å². The van der Waals surface area contributed by atoms with Gasteiger partial charge in [-0.2, -0.15) is 0 Å². The zero-order chi connectivity index (χ0) is 13.8. The second kappa shape index (κ2) is 6.08. The van der Waals surface area contributed by atoms with Gasteiger partial charge in [-0.05, 0) is 19.1 Å². The van der Waals surface area contributed by atoms with Gasteiger partial charge in [0.05, 0.1) is 32.1 Å². The SMILES string of the molecule is CC(=O)c1ccc(S(=O)(=O)NCC[NH+](C)C)cc1. The largest absolute Gasteiger partial charge is 0.339 e. The molecule has 1 rings (SSSR count). The summed E-state index contributed by atoms with van der Waals surface area (Å²) in [6, 6.07) is 5.94. The molecule has 0 bridgehead atoms. The van der Waals surface area contributed by atoms with Gasteiger partial charge in [0.2, 0.25) is 10.0 Å². The Hall–Kier alpha value is -1.24. The number of ketones is 1. The molecule has 2 N–H and O–H groups in total. The molecule has 0 saturated heterocycles. The summed E-state index contributed by atoms with van der Waals surface area (Å²) in [6.07, 6.45) is 0. The molecule has 0 radical (unpaired) electrons. The molecule has 1 aromatic carbocycles. The third-order valence-electron chi connectivity index (χ3n) is 2.49. The molecule has 0 aromatic heterocycles. The van der Waals surface area contributed by atoms with Crippen molar-refractivity contribution in [3.05, 3.63) is 29.8 Å². The van der Waals surface area contributed by atoms with Crippen LogP contribution in [0.4, 0.5) is 0 Å². The van der Waals surface area contributed by atoms with Crippen molar-refractivity contribution < 1.29 is 18.1 Å². The van der Waals surface area contributed by atoms with Gasteiger partial charge in [0, 0.05) is 5.56 Å². The minimum absolute atomic E-state index is 0.0804. The first-order valence-electron chi connectivity index (χ1n) is 5.72. The maximum absolute atomic E-state index is 11.9. The Morgan fingerprint density at radius 1 is 1.22 bits per heavy atom. The van der Waals surface area contributed by atoms with Crippen LogP contribution >= 0.6 is 0 Å². The number of hydrogen-bond donors (Lipinski definition) is 2. The number of likely N-dealkylation sites (N-methyl/N-ethyl adjacent to an activating group) is 1. The van der Waals surface area contributed by atoms with E-state index in [1.165, 1.54) is 36.1 Å². The van der Waals surface area contributed by atoms with Crippen molar-refractivity contribution in [3.63, 3.8) is 0 Å². The summed E-state index contributed by atoms with van der Waals surface area (Å²) in [7, 11) is 0.436. The first-order chi connectivity index (χ1) is 8.33. The number of quaternary nitrogens is 1. The lowest BCUT2D eigenvalue weighted by atomic mass is 10.2. The summed E-state index contributed by atoms with van der Waals surface area (Å²) in [5.41, 5.74) is 0.506. The Morgan fingerprint density at radius 2 is 1.78 bits per heavy atom. The second-order valence-corrected chi connectivity index (χ2v) is 6.20. The van der Waals surface area contributed by atoms with E-state index < -0.39 is 10.0 Å². The molecule has 0 aliphatic rings. The zero-order valence-electron chi connectivity index (χ0n) is 10.9. The molecular weight excluding hydrogens is 252 g/mol. The average Bonchev–Trinajstić information content (AvgIpc) is 2.28. The fourth-order valence-electron chi connectivity index (χ4n) is 1.39. The Kier molecular flexibility index (Phi) is 5.01. The van der Waals surface area contributed by atoms with E-state index in [1.807, 2.05) is 14.1 Å². The highest BCUT2D eigenvalue weighted by atomic mass is 32.2. The van der Waals surface area contributed by atoms with Crippen LogP contribution in [0.25, 0.3) is 0 Å². The lowest BCUT2D eigenvalue weighted by molar-refractivity contribution is -0.856. The zero-order valence-corrected chi connectivity index (χ0v) is 11.7. The Morgan fingerprint density at radius 3 is 2.22 bits per heavy atom. The number of hydrogen-bond acceptors (Lipinski definition) is 3. The summed E-state index contributed by atoms with van der Waals surface area (Å²) in [4.78, 5) is 12.4. The number of nitrogens with one attached hydrogen (secondary N) is 2. The number of benzene rings is 1. The first-order valence-corrected chi connectivity index (χ1v) is 7.21. The molecule has 6 heteroatoms. The van der Waals surface area contributed by atoms with E-state index >= 15 is 0 Å². The number of sulfonamides is 1. The Bertz CT molecular complexity index is 507. The molecule has 0 fully saturated rings. The summed E-state index contributed by atoms with van der Waals surface area (Å²) in [5, 5.41) is 0. The third-order valence-corrected chi connectivity index (χ3v) is 3.97. The Labute approximate surface area is 108 Å². The highest BCUT2D eigenvalue weighted by molar-refractivity contribution is 7.89. The highest BCUT2D eigenvalue weighted by Gasteiger charge is 2.14. The lowest BCUT2D eigenvalue weighted by Crippen LogP contribution is -3.06. The molecule has 1 aromatic rings. The summed E-state index contributed by atoms with van der Waals surface area (Å²) in [5.74, 6) is -0.0804. The number of Topliss-reactive ketones (excluding diaryl/α,β-unsaturated/α-hetero) is 1. The molecule has 0 aliphatic carbocycles. The molecule has 0 amide bonds. The molecule has 0 unspecified atom stereocenters. The van der Waals surface area contributed by atoms with E-state index in [-0.39, 0.29) is 10.7 Å². The summed E-state index contributed by atoms with van der Waals surface area (Å²) >= 11 is 0. The van der Waals surface area contributed by atoms with E-state index in [4.69, 9.17) is 0 Å². The molecule has 18 heavy (non-hydrogen) atoms. The van der Waals surface area contributed by atoms with E-state index in [9.17, 15) is 13.2 Å². The van der Waals surface area contributed by atoms with E-state index in [0.29, 0.717) is 18.7 Å². The minimum Gasteiger partial charge on any atom is -0.339 e. The van der Waals surface area contributed by atoms with Crippen LogP contribution in [0.15, 0.2) is 29.2 Å². The Balaban J connectivity index is 2.76. The number of carbonyl (C=O) groups excluding carboxylic acids is 1. The summed E-state index contributed by atoms with van der Waals surface area (Å²) in [6.45, 7) is 2.55. The molecular formula is C12H19N2O3S+. The van der Waals surface area contributed by atoms with Crippen LogP contribution in [0.1, 0.15) is 17.3 Å². The van der Waals surface area contributed by atoms with Gasteiger partial charge in [-0.25, -0.2) is 13.1 Å². The normalized spacial score (nSPS) is 11.8. The van der Waals surface area contributed by atoms with Crippen LogP contribution in [0.2, 0.25) is 0 Å². The van der Waals surface area contributed by atoms with Crippen molar-refractivity contribution in [3.8, 4) is 0 Å². The van der Waals surface area contributed by atoms with Crippen LogP contribution in [0.5, 0.6) is 0 Å². The average molecular weight is 271 g/mol. The maximum Gasteiger partial charge on any atom is 0.240 e. The molecule has 0 spiro atoms. The van der Waals surface area contributed by atoms with Gasteiger partial charge in [-0.1, -0.05) is 12.1 Å². The van der Waals surface area contributed by atoms with Crippen LogP contribution in [-0.4, -0.2) is 41.4 Å². The van der Waals surface area contributed by atoms with E-state index in [1.54, 1.807) is 0 Å². The van der Waals surface area contributed by atoms with Gasteiger partial charge in [0.25, 0.3) is 0 Å². The highest BCUT2D eigenvalue weighted by Crippen LogP contribution is 2.10. The molecule has 0 aliphatic heterocycles. The third kappa shape index (κ3) is 4.21. The standard InChI is InChI=1S/C12H18N2O3S/c1-10(15)11-4-6-12(7-5-11)18(16,17)13-8-9-14(2)3/h4-7,13H,8-9H2,1-3H3/p+1. The number of rotatable bonds is 6. The predicted molar refractivity (Wildman–Crippen MR) is 69.3 cm³/mol. The quantitative estimate of drug-likeness (QED) is 0.673. The van der Waals surface area contributed by atoms with Gasteiger partial charge in [0.15, 0.2) is 5.78 Å². The predicted octanol–water partition coefficient (Wildman–Crippen LogP) is -0.688. The monoisotopic (exact) mass is 271 g/mol. The topological polar surface area (TPSA) is 67.7 Å². The molecule has 0 atom stereocenters. The second-order valence-electron chi connectivity index (χ2n) is 4.44. The molecule has 0 saturated carbocycles. The van der Waals surface area contributed by atoms with Crippen molar-refractivity contribution in [1.29, 1.82) is 0 Å². The lowest BCUT2D eigenvalue weighted by Gasteiger charge is -2.09. The van der Waals surface area contributed by atoms with Crippen LogP contribution in [0.3, 0.4) is 0 Å². The van der Waals surface area contributed by atoms with E-state index in [0.717, 1.165) is 0 Å². The molecule has 5 nitrogen and oxygen atoms in total. The molecule has 0 heterocycles. The van der Waals surface area contributed by atoms with Crippen molar-refractivity contribution >= 4 is 15.8 Å². The van der Waals surface area contributed by atoms with Gasteiger partial charge < -0.3 is 4.90 Å². The maximum atomic E-state index is 11.9. The van der Waals surface area contributed by atoms with E-state index in [2.05, 4.69) is 4.72 Å². The molecule has 100 valence electrons. The fraction of sp³-hybridized carbons (Fsp3) is 0.417. The van der Waals surface area contributed by atoms with Crippen molar-refractivity contribution in [2.24, 2.45) is 0 Å². The van der Waals surface area contributed by atoms with Crippen molar-refractivity contribution in [2.45, 2.75) is 11.8 Å². The van der Waals surface area contributed by atoms with Crippen LogP contribution in [-0.2, 0) is 10.0 Å². The van der Waals surface area contributed by atoms with Gasteiger partial charge >= 0.3 is 0 Å².